The van der Waals surface area contributed by atoms with Gasteiger partial charge in [0, 0.05) is 12.1 Å². The first-order valence-electron chi connectivity index (χ1n) is 7.93. The second-order valence-corrected chi connectivity index (χ2v) is 13.9. The summed E-state index contributed by atoms with van der Waals surface area (Å²) in [6.07, 6.45) is -0.133. The fraction of sp³-hybridized carbons (Fsp3) is 0.529. The Labute approximate surface area is 162 Å². The van der Waals surface area contributed by atoms with Gasteiger partial charge in [-0.15, -0.1) is 0 Å². The molecule has 1 aromatic heterocycles. The molecular weight excluding hydrogens is 459 g/mol. The fourth-order valence-corrected chi connectivity index (χ4v) is 4.12. The maximum atomic E-state index is 6.31. The number of benzene rings is 1. The number of hydrogen-bond donors (Lipinski definition) is 0. The van der Waals surface area contributed by atoms with Gasteiger partial charge in [0.15, 0.2) is 35.3 Å². The first kappa shape index (κ1) is 18.4. The van der Waals surface area contributed by atoms with Crippen LogP contribution in [-0.4, -0.2) is 27.6 Å². The molecule has 0 aliphatic carbocycles. The minimum atomic E-state index is -1.81. The van der Waals surface area contributed by atoms with Crippen molar-refractivity contribution < 1.29 is 18.3 Å². The summed E-state index contributed by atoms with van der Waals surface area (Å²) < 4.78 is 24.7. The van der Waals surface area contributed by atoms with Gasteiger partial charge in [-0.1, -0.05) is 32.4 Å². The summed E-state index contributed by atoms with van der Waals surface area (Å²) in [6.45, 7) is 12.1. The van der Waals surface area contributed by atoms with Crippen molar-refractivity contribution in [2.24, 2.45) is 0 Å². The Balaban J connectivity index is 1.78. The van der Waals surface area contributed by atoms with Crippen LogP contribution in [0.3, 0.4) is 0 Å². The van der Waals surface area contributed by atoms with Crippen LogP contribution in [0.5, 0.6) is 11.5 Å². The molecule has 0 saturated carbocycles. The highest BCUT2D eigenvalue weighted by atomic mass is 127. The van der Waals surface area contributed by atoms with Crippen molar-refractivity contribution in [3.63, 3.8) is 0 Å². The van der Waals surface area contributed by atoms with Crippen LogP contribution in [0.1, 0.15) is 20.8 Å². The SMILES string of the molecule is CC(C)(C)[Si](C)(C)OCC1COc2c(cc(Cl)c3oc(I)cc23)O1. The van der Waals surface area contributed by atoms with Crippen LogP contribution in [-0.2, 0) is 4.43 Å². The predicted molar refractivity (Wildman–Crippen MR) is 107 cm³/mol. The van der Waals surface area contributed by atoms with Gasteiger partial charge in [-0.05, 0) is 40.7 Å². The van der Waals surface area contributed by atoms with E-state index in [-0.39, 0.29) is 11.1 Å². The Hall–Kier alpha value is -0.443. The zero-order valence-corrected chi connectivity index (χ0v) is 18.4. The first-order valence-corrected chi connectivity index (χ1v) is 12.3. The van der Waals surface area contributed by atoms with Gasteiger partial charge >= 0.3 is 0 Å². The highest BCUT2D eigenvalue weighted by molar-refractivity contribution is 14.1. The van der Waals surface area contributed by atoms with Crippen molar-refractivity contribution >= 4 is 53.5 Å². The van der Waals surface area contributed by atoms with Gasteiger partial charge in [0.1, 0.15) is 6.61 Å². The average Bonchev–Trinajstić information content (AvgIpc) is 2.86. The van der Waals surface area contributed by atoms with Crippen LogP contribution in [0.4, 0.5) is 0 Å². The topological polar surface area (TPSA) is 40.8 Å². The smallest absolute Gasteiger partial charge is 0.192 e. The number of hydrogen-bond acceptors (Lipinski definition) is 4. The molecule has 4 nitrogen and oxygen atoms in total. The van der Waals surface area contributed by atoms with E-state index in [4.69, 9.17) is 29.9 Å². The molecule has 1 aliphatic rings. The molecule has 1 unspecified atom stereocenters. The lowest BCUT2D eigenvalue weighted by Crippen LogP contribution is -2.45. The van der Waals surface area contributed by atoms with Crippen molar-refractivity contribution in [3.05, 3.63) is 20.9 Å². The number of ether oxygens (including phenoxy) is 2. The highest BCUT2D eigenvalue weighted by Crippen LogP contribution is 2.44. The zero-order valence-electron chi connectivity index (χ0n) is 14.5. The third-order valence-electron chi connectivity index (χ3n) is 4.79. The van der Waals surface area contributed by atoms with E-state index < -0.39 is 8.32 Å². The van der Waals surface area contributed by atoms with E-state index in [0.29, 0.717) is 35.3 Å². The van der Waals surface area contributed by atoms with Gasteiger partial charge in [0.2, 0.25) is 0 Å². The molecule has 7 heteroatoms. The van der Waals surface area contributed by atoms with Crippen molar-refractivity contribution in [1.82, 2.24) is 0 Å². The molecule has 1 aliphatic heterocycles. The summed E-state index contributed by atoms with van der Waals surface area (Å²) in [5, 5.41) is 1.55. The molecule has 1 atom stereocenters. The Morgan fingerprint density at radius 3 is 2.71 bits per heavy atom. The lowest BCUT2D eigenvalue weighted by Gasteiger charge is -2.37. The number of fused-ring (bicyclic) bond motifs is 3. The van der Waals surface area contributed by atoms with Crippen LogP contribution in [0.15, 0.2) is 16.5 Å². The normalized spacial score (nSPS) is 18.2. The first-order chi connectivity index (χ1) is 11.1. The van der Waals surface area contributed by atoms with E-state index >= 15 is 0 Å². The molecule has 0 fully saturated rings. The summed E-state index contributed by atoms with van der Waals surface area (Å²) in [5.41, 5.74) is 0.638. The van der Waals surface area contributed by atoms with Crippen molar-refractivity contribution in [1.29, 1.82) is 0 Å². The van der Waals surface area contributed by atoms with Gasteiger partial charge < -0.3 is 18.3 Å². The van der Waals surface area contributed by atoms with Crippen molar-refractivity contribution in [2.45, 2.75) is 45.0 Å². The van der Waals surface area contributed by atoms with Crippen molar-refractivity contribution in [3.8, 4) is 11.5 Å². The summed E-state index contributed by atoms with van der Waals surface area (Å²) >= 11 is 8.43. The van der Waals surface area contributed by atoms with Gasteiger partial charge in [-0.25, -0.2) is 0 Å². The molecule has 132 valence electrons. The fourth-order valence-electron chi connectivity index (χ4n) is 2.31. The largest absolute Gasteiger partial charge is 0.485 e. The van der Waals surface area contributed by atoms with E-state index in [1.165, 1.54) is 0 Å². The predicted octanol–water partition coefficient (Wildman–Crippen LogP) is 5.85. The van der Waals surface area contributed by atoms with Crippen LogP contribution in [0.2, 0.25) is 23.2 Å². The summed E-state index contributed by atoms with van der Waals surface area (Å²) in [4.78, 5) is 0. The maximum Gasteiger partial charge on any atom is 0.192 e. The monoisotopic (exact) mass is 480 g/mol. The van der Waals surface area contributed by atoms with E-state index in [2.05, 4.69) is 56.5 Å². The summed E-state index contributed by atoms with van der Waals surface area (Å²) in [6, 6.07) is 3.67. The standard InChI is InChI=1S/C17H22ClIO4Si/c1-17(2,3)24(4,5)21-9-10-8-20-16-11-6-14(19)23-15(11)12(18)7-13(16)22-10/h6-7,10H,8-9H2,1-5H3. The number of rotatable bonds is 3. The molecule has 0 saturated heterocycles. The van der Waals surface area contributed by atoms with E-state index in [0.717, 1.165) is 9.15 Å². The third kappa shape index (κ3) is 3.43. The summed E-state index contributed by atoms with van der Waals surface area (Å²) in [7, 11) is -1.81. The molecule has 0 radical (unpaired) electrons. The second kappa shape index (κ2) is 6.37. The van der Waals surface area contributed by atoms with Gasteiger partial charge in [0.25, 0.3) is 0 Å². The van der Waals surface area contributed by atoms with Gasteiger partial charge in [-0.3, -0.25) is 0 Å². The Morgan fingerprint density at radius 1 is 1.33 bits per heavy atom. The van der Waals surface area contributed by atoms with Crippen LogP contribution >= 0.6 is 34.2 Å². The summed E-state index contributed by atoms with van der Waals surface area (Å²) in [5.74, 6) is 1.35. The molecule has 0 amide bonds. The molecule has 3 rings (SSSR count). The molecule has 2 aromatic rings. The van der Waals surface area contributed by atoms with E-state index in [1.807, 2.05) is 6.07 Å². The zero-order chi connectivity index (χ0) is 17.7. The molecule has 0 spiro atoms. The maximum absolute atomic E-state index is 6.31. The second-order valence-electron chi connectivity index (χ2n) is 7.60. The Bertz CT molecular complexity index is 766. The Morgan fingerprint density at radius 2 is 2.04 bits per heavy atom. The molecule has 0 N–H and O–H groups in total. The third-order valence-corrected chi connectivity index (χ3v) is 10.1. The minimum Gasteiger partial charge on any atom is -0.485 e. The average molecular weight is 481 g/mol. The lowest BCUT2D eigenvalue weighted by atomic mass is 10.2. The van der Waals surface area contributed by atoms with Crippen LogP contribution in [0.25, 0.3) is 11.0 Å². The van der Waals surface area contributed by atoms with Crippen LogP contribution in [0, 0.1) is 3.77 Å². The lowest BCUT2D eigenvalue weighted by molar-refractivity contribution is 0.0503. The number of furan rings is 1. The molecule has 0 bridgehead atoms. The van der Waals surface area contributed by atoms with Crippen molar-refractivity contribution in [2.75, 3.05) is 13.2 Å². The minimum absolute atomic E-state index is 0.133. The molecule has 24 heavy (non-hydrogen) atoms. The van der Waals surface area contributed by atoms with E-state index in [1.54, 1.807) is 6.07 Å². The quantitative estimate of drug-likeness (QED) is 0.408. The van der Waals surface area contributed by atoms with E-state index in [9.17, 15) is 0 Å². The Kier molecular flexibility index (Phi) is 4.87. The molecular formula is C17H22ClIO4Si. The molecule has 2 heterocycles. The highest BCUT2D eigenvalue weighted by Gasteiger charge is 2.38. The number of halogens is 2. The van der Waals surface area contributed by atoms with Gasteiger partial charge in [-0.2, -0.15) is 0 Å². The van der Waals surface area contributed by atoms with Crippen LogP contribution < -0.4 is 9.47 Å². The van der Waals surface area contributed by atoms with Gasteiger partial charge in [0.05, 0.1) is 17.0 Å². The molecule has 1 aromatic carbocycles.